The van der Waals surface area contributed by atoms with Crippen molar-refractivity contribution in [2.45, 2.75) is 13.3 Å². The highest BCUT2D eigenvalue weighted by Gasteiger charge is 2.14. The molecule has 0 bridgehead atoms. The fourth-order valence-electron chi connectivity index (χ4n) is 1.94. The van der Waals surface area contributed by atoms with Crippen LogP contribution in [0.2, 0.25) is 0 Å². The van der Waals surface area contributed by atoms with Crippen molar-refractivity contribution in [2.24, 2.45) is 0 Å². The van der Waals surface area contributed by atoms with E-state index >= 15 is 0 Å². The number of fused-ring (bicyclic) bond motifs is 1. The van der Waals surface area contributed by atoms with E-state index in [4.69, 9.17) is 4.74 Å². The zero-order valence-electron chi connectivity index (χ0n) is 11.7. The van der Waals surface area contributed by atoms with Crippen molar-refractivity contribution in [1.82, 2.24) is 9.97 Å². The molecule has 0 radical (unpaired) electrons. The summed E-state index contributed by atoms with van der Waals surface area (Å²) < 4.78 is 19.4. The quantitative estimate of drug-likeness (QED) is 0.783. The summed E-state index contributed by atoms with van der Waals surface area (Å²) in [6.07, 6.45) is 0.912. The second-order valence-electron chi connectivity index (χ2n) is 4.42. The summed E-state index contributed by atoms with van der Waals surface area (Å²) in [7, 11) is 1.74. The molecule has 0 atom stereocenters. The Morgan fingerprint density at radius 3 is 2.81 bits per heavy atom. The van der Waals surface area contributed by atoms with Gasteiger partial charge in [-0.2, -0.15) is 4.98 Å². The Balaban J connectivity index is 2.11. The third-order valence-electron chi connectivity index (χ3n) is 3.02. The van der Waals surface area contributed by atoms with Gasteiger partial charge in [-0.15, -0.1) is 11.3 Å². The van der Waals surface area contributed by atoms with E-state index in [2.05, 4.69) is 22.2 Å². The number of hydrogen-bond acceptors (Lipinski definition) is 5. The minimum absolute atomic E-state index is 0.156. The van der Waals surface area contributed by atoms with Gasteiger partial charge in [0.15, 0.2) is 11.6 Å². The first-order valence-corrected chi connectivity index (χ1v) is 7.43. The number of hydrogen-bond donors (Lipinski definition) is 1. The van der Waals surface area contributed by atoms with E-state index in [-0.39, 0.29) is 5.75 Å². The summed E-state index contributed by atoms with van der Waals surface area (Å²) in [5.74, 6) is 0.564. The SMILES string of the molecule is CCc1cc2c(Oc3ccccc3F)nc(NC)nc2s1. The van der Waals surface area contributed by atoms with Gasteiger partial charge in [0.1, 0.15) is 4.83 Å². The monoisotopic (exact) mass is 303 g/mol. The maximum absolute atomic E-state index is 13.7. The molecule has 1 aromatic carbocycles. The molecule has 1 N–H and O–H groups in total. The van der Waals surface area contributed by atoms with Crippen LogP contribution in [0.3, 0.4) is 0 Å². The van der Waals surface area contributed by atoms with E-state index in [1.807, 2.05) is 6.07 Å². The van der Waals surface area contributed by atoms with Crippen molar-refractivity contribution in [3.63, 3.8) is 0 Å². The third kappa shape index (κ3) is 2.67. The minimum Gasteiger partial charge on any atom is -0.435 e. The molecule has 0 aliphatic heterocycles. The van der Waals surface area contributed by atoms with Gasteiger partial charge in [0.05, 0.1) is 5.39 Å². The molecule has 0 unspecified atom stereocenters. The molecule has 2 heterocycles. The molecule has 4 nitrogen and oxygen atoms in total. The Morgan fingerprint density at radius 1 is 1.29 bits per heavy atom. The Kier molecular flexibility index (Phi) is 3.70. The molecule has 0 spiro atoms. The van der Waals surface area contributed by atoms with Crippen molar-refractivity contribution in [3.05, 3.63) is 41.0 Å². The normalized spacial score (nSPS) is 10.8. The lowest BCUT2D eigenvalue weighted by molar-refractivity contribution is 0.432. The Labute approximate surface area is 125 Å². The van der Waals surface area contributed by atoms with Gasteiger partial charge in [-0.3, -0.25) is 0 Å². The number of anilines is 1. The van der Waals surface area contributed by atoms with Crippen LogP contribution in [0, 0.1) is 5.82 Å². The maximum Gasteiger partial charge on any atom is 0.233 e. The highest BCUT2D eigenvalue weighted by Crippen LogP contribution is 2.34. The van der Waals surface area contributed by atoms with Gasteiger partial charge in [-0.25, -0.2) is 9.37 Å². The number of ether oxygens (including phenoxy) is 1. The zero-order chi connectivity index (χ0) is 14.8. The fraction of sp³-hybridized carbons (Fsp3) is 0.200. The predicted octanol–water partition coefficient (Wildman–Crippen LogP) is 4.23. The Bertz CT molecular complexity index is 788. The average Bonchev–Trinajstić information content (AvgIpc) is 2.92. The number of thiophene rings is 1. The molecule has 2 aromatic heterocycles. The fourth-order valence-corrected chi connectivity index (χ4v) is 2.90. The molecule has 0 fully saturated rings. The Morgan fingerprint density at radius 2 is 2.10 bits per heavy atom. The second kappa shape index (κ2) is 5.65. The van der Waals surface area contributed by atoms with Gasteiger partial charge < -0.3 is 10.1 Å². The van der Waals surface area contributed by atoms with Crippen LogP contribution in [0.25, 0.3) is 10.2 Å². The van der Waals surface area contributed by atoms with Gasteiger partial charge in [-0.05, 0) is 24.6 Å². The van der Waals surface area contributed by atoms with Gasteiger partial charge >= 0.3 is 0 Å². The van der Waals surface area contributed by atoms with Crippen LogP contribution in [0.15, 0.2) is 30.3 Å². The molecule has 0 saturated carbocycles. The summed E-state index contributed by atoms with van der Waals surface area (Å²) in [5.41, 5.74) is 0. The molecule has 3 aromatic rings. The van der Waals surface area contributed by atoms with Crippen molar-refractivity contribution >= 4 is 27.5 Å². The Hall–Kier alpha value is -2.21. The first kappa shape index (κ1) is 13.8. The van der Waals surface area contributed by atoms with E-state index in [0.717, 1.165) is 16.6 Å². The van der Waals surface area contributed by atoms with Crippen LogP contribution in [0.4, 0.5) is 10.3 Å². The topological polar surface area (TPSA) is 47.0 Å². The number of rotatable bonds is 4. The molecule has 21 heavy (non-hydrogen) atoms. The van der Waals surface area contributed by atoms with Gasteiger partial charge in [-0.1, -0.05) is 19.1 Å². The number of aryl methyl sites for hydroxylation is 1. The molecular weight excluding hydrogens is 289 g/mol. The standard InChI is InChI=1S/C15H14FN3OS/c1-3-9-8-10-13(18-15(17-2)19-14(10)21-9)20-12-7-5-4-6-11(12)16/h4-8H,3H2,1-2H3,(H,17,18,19). The van der Waals surface area contributed by atoms with E-state index < -0.39 is 5.82 Å². The van der Waals surface area contributed by atoms with E-state index in [0.29, 0.717) is 11.8 Å². The molecule has 0 aliphatic carbocycles. The lowest BCUT2D eigenvalue weighted by atomic mass is 10.3. The second-order valence-corrected chi connectivity index (χ2v) is 5.54. The number of aromatic nitrogens is 2. The van der Waals surface area contributed by atoms with Gasteiger partial charge in [0, 0.05) is 11.9 Å². The van der Waals surface area contributed by atoms with E-state index in [1.165, 1.54) is 10.9 Å². The largest absolute Gasteiger partial charge is 0.435 e. The van der Waals surface area contributed by atoms with Crippen LogP contribution < -0.4 is 10.1 Å². The van der Waals surface area contributed by atoms with Crippen LogP contribution >= 0.6 is 11.3 Å². The molecular formula is C15H14FN3OS. The first-order chi connectivity index (χ1) is 10.2. The summed E-state index contributed by atoms with van der Waals surface area (Å²) >= 11 is 1.59. The average molecular weight is 303 g/mol. The van der Waals surface area contributed by atoms with Gasteiger partial charge in [0.2, 0.25) is 11.8 Å². The minimum atomic E-state index is -0.416. The van der Waals surface area contributed by atoms with Crippen molar-refractivity contribution in [1.29, 1.82) is 0 Å². The summed E-state index contributed by atoms with van der Waals surface area (Å²) in [4.78, 5) is 10.7. The molecule has 0 amide bonds. The van der Waals surface area contributed by atoms with Crippen LogP contribution in [0.5, 0.6) is 11.6 Å². The lowest BCUT2D eigenvalue weighted by Gasteiger charge is -2.08. The highest BCUT2D eigenvalue weighted by molar-refractivity contribution is 7.18. The molecule has 3 rings (SSSR count). The smallest absolute Gasteiger partial charge is 0.233 e. The summed E-state index contributed by atoms with van der Waals surface area (Å²) in [5, 5.41) is 3.70. The van der Waals surface area contributed by atoms with E-state index in [1.54, 1.807) is 36.6 Å². The van der Waals surface area contributed by atoms with Gasteiger partial charge in [0.25, 0.3) is 0 Å². The molecule has 0 saturated heterocycles. The van der Waals surface area contributed by atoms with Crippen LogP contribution in [-0.2, 0) is 6.42 Å². The van der Waals surface area contributed by atoms with Crippen molar-refractivity contribution in [2.75, 3.05) is 12.4 Å². The predicted molar refractivity (Wildman–Crippen MR) is 82.8 cm³/mol. The number of nitrogens with one attached hydrogen (secondary N) is 1. The van der Waals surface area contributed by atoms with Crippen molar-refractivity contribution in [3.8, 4) is 11.6 Å². The highest BCUT2D eigenvalue weighted by atomic mass is 32.1. The van der Waals surface area contributed by atoms with Crippen molar-refractivity contribution < 1.29 is 9.13 Å². The molecule has 108 valence electrons. The number of halogens is 1. The first-order valence-electron chi connectivity index (χ1n) is 6.62. The third-order valence-corrected chi connectivity index (χ3v) is 4.20. The number of benzene rings is 1. The van der Waals surface area contributed by atoms with Crippen LogP contribution in [0.1, 0.15) is 11.8 Å². The molecule has 0 aliphatic rings. The number of nitrogens with zero attached hydrogens (tertiary/aromatic N) is 2. The molecule has 6 heteroatoms. The summed E-state index contributed by atoms with van der Waals surface area (Å²) in [6.45, 7) is 2.08. The zero-order valence-corrected chi connectivity index (χ0v) is 12.5. The lowest BCUT2D eigenvalue weighted by Crippen LogP contribution is -1.98. The maximum atomic E-state index is 13.7. The van der Waals surface area contributed by atoms with Crippen LogP contribution in [-0.4, -0.2) is 17.0 Å². The summed E-state index contributed by atoms with van der Waals surface area (Å²) in [6, 6.07) is 8.28. The number of para-hydroxylation sites is 1. The van der Waals surface area contributed by atoms with E-state index in [9.17, 15) is 4.39 Å².